The van der Waals surface area contributed by atoms with Gasteiger partial charge in [0.15, 0.2) is 0 Å². The van der Waals surface area contributed by atoms with Gasteiger partial charge in [0, 0.05) is 13.1 Å². The number of rotatable bonds is 6. The highest BCUT2D eigenvalue weighted by atomic mass is 16.6. The average Bonchev–Trinajstić information content (AvgIpc) is 3.34. The number of likely N-dealkylation sites (N-methyl/N-ethyl adjacent to an activating group) is 1. The standard InChI is InChI=1S/C24H36N2O5/c1-23(2,3)31-21(28)16-25(4)19-14-26(15-20(19)27)22(29)24(12-6-7-13-24)17-8-10-18(30-5)11-9-17/h8-11,19-20,27H,6-7,12-16H2,1-5H3/t19-,20+/m0/s1. The number of likely N-dealkylation sites (tertiary alicyclic amines) is 1. The number of aliphatic hydroxyl groups is 1. The topological polar surface area (TPSA) is 79.3 Å². The Labute approximate surface area is 185 Å². The highest BCUT2D eigenvalue weighted by Gasteiger charge is 2.48. The molecule has 1 aromatic rings. The molecular formula is C24H36N2O5. The lowest BCUT2D eigenvalue weighted by Crippen LogP contribution is -2.47. The molecule has 1 aliphatic carbocycles. The molecule has 31 heavy (non-hydrogen) atoms. The maximum absolute atomic E-state index is 13.7. The van der Waals surface area contributed by atoms with Gasteiger partial charge in [-0.05, 0) is 58.4 Å². The Morgan fingerprint density at radius 3 is 2.32 bits per heavy atom. The molecule has 2 atom stereocenters. The first kappa shape index (κ1) is 23.5. The highest BCUT2D eigenvalue weighted by Crippen LogP contribution is 2.43. The first-order valence-electron chi connectivity index (χ1n) is 11.1. The molecule has 7 heteroatoms. The highest BCUT2D eigenvalue weighted by molar-refractivity contribution is 5.89. The Hall–Kier alpha value is -2.12. The normalized spacial score (nSPS) is 23.3. The molecule has 2 fully saturated rings. The molecular weight excluding hydrogens is 396 g/mol. The fourth-order valence-electron chi connectivity index (χ4n) is 4.88. The number of benzene rings is 1. The minimum absolute atomic E-state index is 0.0717. The van der Waals surface area contributed by atoms with Crippen LogP contribution >= 0.6 is 0 Å². The van der Waals surface area contributed by atoms with E-state index >= 15 is 0 Å². The summed E-state index contributed by atoms with van der Waals surface area (Å²) in [6, 6.07) is 7.48. The molecule has 3 rings (SSSR count). The van der Waals surface area contributed by atoms with Crippen LogP contribution in [0.15, 0.2) is 24.3 Å². The number of hydrogen-bond acceptors (Lipinski definition) is 6. The summed E-state index contributed by atoms with van der Waals surface area (Å²) in [6.07, 6.45) is 2.93. The third kappa shape index (κ3) is 5.21. The van der Waals surface area contributed by atoms with E-state index in [4.69, 9.17) is 9.47 Å². The van der Waals surface area contributed by atoms with E-state index in [1.807, 2.05) is 45.0 Å². The maximum atomic E-state index is 13.7. The molecule has 0 spiro atoms. The summed E-state index contributed by atoms with van der Waals surface area (Å²) in [4.78, 5) is 29.5. The monoisotopic (exact) mass is 432 g/mol. The summed E-state index contributed by atoms with van der Waals surface area (Å²) in [5.41, 5.74) is -0.0951. The van der Waals surface area contributed by atoms with Crippen LogP contribution in [0.25, 0.3) is 0 Å². The summed E-state index contributed by atoms with van der Waals surface area (Å²) < 4.78 is 10.7. The minimum atomic E-state index is -0.703. The van der Waals surface area contributed by atoms with Gasteiger partial charge in [-0.2, -0.15) is 0 Å². The number of esters is 1. The van der Waals surface area contributed by atoms with Gasteiger partial charge < -0.3 is 19.5 Å². The van der Waals surface area contributed by atoms with Gasteiger partial charge in [0.05, 0.1) is 31.2 Å². The Kier molecular flexibility index (Phi) is 6.96. The molecule has 0 unspecified atom stereocenters. The van der Waals surface area contributed by atoms with Gasteiger partial charge in [-0.1, -0.05) is 25.0 Å². The van der Waals surface area contributed by atoms with Crippen LogP contribution in [0.5, 0.6) is 5.75 Å². The van der Waals surface area contributed by atoms with Crippen molar-refractivity contribution in [3.05, 3.63) is 29.8 Å². The average molecular weight is 433 g/mol. The van der Waals surface area contributed by atoms with Gasteiger partial charge in [-0.15, -0.1) is 0 Å². The Morgan fingerprint density at radius 2 is 1.77 bits per heavy atom. The first-order valence-corrected chi connectivity index (χ1v) is 11.1. The third-order valence-corrected chi connectivity index (χ3v) is 6.42. The Balaban J connectivity index is 1.71. The van der Waals surface area contributed by atoms with E-state index in [0.717, 1.165) is 37.0 Å². The van der Waals surface area contributed by atoms with Crippen molar-refractivity contribution >= 4 is 11.9 Å². The second-order valence-electron chi connectivity index (χ2n) is 9.86. The second kappa shape index (κ2) is 9.17. The lowest BCUT2D eigenvalue weighted by Gasteiger charge is -2.33. The van der Waals surface area contributed by atoms with E-state index < -0.39 is 17.1 Å². The minimum Gasteiger partial charge on any atom is -0.497 e. The molecule has 0 radical (unpaired) electrons. The van der Waals surface area contributed by atoms with Crippen molar-refractivity contribution in [2.24, 2.45) is 0 Å². The first-order chi connectivity index (χ1) is 14.6. The molecule has 0 bridgehead atoms. The van der Waals surface area contributed by atoms with Crippen LogP contribution in [-0.2, 0) is 19.7 Å². The Morgan fingerprint density at radius 1 is 1.16 bits per heavy atom. The van der Waals surface area contributed by atoms with Crippen LogP contribution in [-0.4, -0.2) is 78.3 Å². The van der Waals surface area contributed by atoms with Gasteiger partial charge in [-0.3, -0.25) is 14.5 Å². The lowest BCUT2D eigenvalue weighted by atomic mass is 9.77. The molecule has 1 N–H and O–H groups in total. The Bertz CT molecular complexity index is 780. The van der Waals surface area contributed by atoms with Crippen LogP contribution < -0.4 is 4.74 Å². The summed E-state index contributed by atoms with van der Waals surface area (Å²) in [5, 5.41) is 10.7. The SMILES string of the molecule is COc1ccc(C2(C(=O)N3C[C@@H](O)[C@@H](N(C)CC(=O)OC(C)(C)C)C3)CCCC2)cc1. The zero-order valence-corrected chi connectivity index (χ0v) is 19.4. The number of aliphatic hydroxyl groups excluding tert-OH is 1. The third-order valence-electron chi connectivity index (χ3n) is 6.42. The number of amides is 1. The number of ether oxygens (including phenoxy) is 2. The molecule has 1 saturated heterocycles. The lowest BCUT2D eigenvalue weighted by molar-refractivity contribution is -0.156. The number of methoxy groups -OCH3 is 1. The maximum Gasteiger partial charge on any atom is 0.320 e. The van der Waals surface area contributed by atoms with Gasteiger partial charge in [0.1, 0.15) is 11.4 Å². The van der Waals surface area contributed by atoms with Crippen molar-refractivity contribution < 1.29 is 24.2 Å². The molecule has 1 amide bonds. The fourth-order valence-corrected chi connectivity index (χ4v) is 4.88. The van der Waals surface area contributed by atoms with Crippen LogP contribution in [0.2, 0.25) is 0 Å². The predicted molar refractivity (Wildman–Crippen MR) is 118 cm³/mol. The van der Waals surface area contributed by atoms with Crippen LogP contribution in [0.1, 0.15) is 52.0 Å². The van der Waals surface area contributed by atoms with Gasteiger partial charge in [-0.25, -0.2) is 0 Å². The molecule has 7 nitrogen and oxygen atoms in total. The molecule has 172 valence electrons. The smallest absolute Gasteiger partial charge is 0.320 e. The number of carbonyl (C=O) groups is 2. The molecule has 1 saturated carbocycles. The van der Waals surface area contributed by atoms with Crippen molar-refractivity contribution in [2.45, 2.75) is 69.6 Å². The molecule has 1 heterocycles. The summed E-state index contributed by atoms with van der Waals surface area (Å²) in [5.74, 6) is 0.504. The van der Waals surface area contributed by atoms with Crippen molar-refractivity contribution in [1.82, 2.24) is 9.80 Å². The predicted octanol–water partition coefficient (Wildman–Crippen LogP) is 2.35. The van der Waals surface area contributed by atoms with Crippen molar-refractivity contribution in [1.29, 1.82) is 0 Å². The van der Waals surface area contributed by atoms with Crippen LogP contribution in [0, 0.1) is 0 Å². The molecule has 1 aliphatic heterocycles. The number of β-amino-alcohol motifs (C(OH)–C–C–N with tert-alkyl or cyclic N) is 1. The summed E-state index contributed by atoms with van der Waals surface area (Å²) in [6.45, 7) is 6.24. The van der Waals surface area contributed by atoms with Gasteiger partial charge >= 0.3 is 5.97 Å². The van der Waals surface area contributed by atoms with E-state index in [9.17, 15) is 14.7 Å². The molecule has 2 aliphatic rings. The van der Waals surface area contributed by atoms with E-state index in [1.165, 1.54) is 0 Å². The van der Waals surface area contributed by atoms with E-state index in [1.54, 1.807) is 24.0 Å². The van der Waals surface area contributed by atoms with Crippen molar-refractivity contribution in [3.8, 4) is 5.75 Å². The number of carbonyl (C=O) groups excluding carboxylic acids is 2. The fraction of sp³-hybridized carbons (Fsp3) is 0.667. The zero-order chi connectivity index (χ0) is 22.8. The van der Waals surface area contributed by atoms with Crippen molar-refractivity contribution in [2.75, 3.05) is 33.8 Å². The quantitative estimate of drug-likeness (QED) is 0.696. The van der Waals surface area contributed by atoms with Gasteiger partial charge in [0.2, 0.25) is 5.91 Å². The number of nitrogens with zero attached hydrogens (tertiary/aromatic N) is 2. The summed E-state index contributed by atoms with van der Waals surface area (Å²) >= 11 is 0. The number of hydrogen-bond donors (Lipinski definition) is 1. The molecule has 0 aromatic heterocycles. The summed E-state index contributed by atoms with van der Waals surface area (Å²) in [7, 11) is 3.42. The van der Waals surface area contributed by atoms with E-state index in [-0.39, 0.29) is 31.0 Å². The van der Waals surface area contributed by atoms with Gasteiger partial charge in [0.25, 0.3) is 0 Å². The van der Waals surface area contributed by atoms with E-state index in [0.29, 0.717) is 6.54 Å². The van der Waals surface area contributed by atoms with Crippen LogP contribution in [0.4, 0.5) is 0 Å². The van der Waals surface area contributed by atoms with Crippen molar-refractivity contribution in [3.63, 3.8) is 0 Å². The second-order valence-corrected chi connectivity index (χ2v) is 9.86. The molecule has 1 aromatic carbocycles. The van der Waals surface area contributed by atoms with E-state index in [2.05, 4.69) is 0 Å². The van der Waals surface area contributed by atoms with Crippen LogP contribution in [0.3, 0.4) is 0 Å². The largest absolute Gasteiger partial charge is 0.497 e. The zero-order valence-electron chi connectivity index (χ0n) is 19.4.